The number of anilines is 1. The van der Waals surface area contributed by atoms with E-state index in [1.54, 1.807) is 19.1 Å². The first kappa shape index (κ1) is 17.7. The van der Waals surface area contributed by atoms with E-state index in [0.29, 0.717) is 34.3 Å². The fraction of sp³-hybridized carbons (Fsp3) is 0.190. The lowest BCUT2D eigenvalue weighted by Crippen LogP contribution is -2.48. The van der Waals surface area contributed by atoms with Crippen LogP contribution in [-0.4, -0.2) is 29.3 Å². The number of carbonyl (C=O) groups excluding carboxylic acids is 2. The molecule has 0 spiro atoms. The molecule has 146 valence electrons. The van der Waals surface area contributed by atoms with Crippen LogP contribution in [0.2, 0.25) is 0 Å². The summed E-state index contributed by atoms with van der Waals surface area (Å²) in [6.45, 7) is 1.82. The van der Waals surface area contributed by atoms with Crippen LogP contribution in [0.4, 0.5) is 5.13 Å². The number of fused-ring (bicyclic) bond motifs is 2. The minimum absolute atomic E-state index is 0.206. The van der Waals surface area contributed by atoms with Crippen LogP contribution in [-0.2, 0) is 16.0 Å². The summed E-state index contributed by atoms with van der Waals surface area (Å²) in [6, 6.07) is 12.7. The normalized spacial score (nSPS) is 19.4. The number of rotatable bonds is 3. The van der Waals surface area contributed by atoms with Crippen LogP contribution in [0, 0.1) is 0 Å². The second kappa shape index (κ2) is 6.59. The van der Waals surface area contributed by atoms with Gasteiger partial charge in [0.05, 0.1) is 11.3 Å². The van der Waals surface area contributed by atoms with Gasteiger partial charge in [0.1, 0.15) is 0 Å². The van der Waals surface area contributed by atoms with Crippen LogP contribution in [0.1, 0.15) is 22.8 Å². The van der Waals surface area contributed by atoms with E-state index in [4.69, 9.17) is 14.2 Å². The number of ether oxygens (including phenoxy) is 3. The van der Waals surface area contributed by atoms with Crippen molar-refractivity contribution >= 4 is 28.3 Å². The van der Waals surface area contributed by atoms with Crippen molar-refractivity contribution in [3.63, 3.8) is 0 Å². The highest BCUT2D eigenvalue weighted by Crippen LogP contribution is 2.37. The summed E-state index contributed by atoms with van der Waals surface area (Å²) in [6.07, 6.45) is 0.307. The van der Waals surface area contributed by atoms with Crippen molar-refractivity contribution in [2.75, 3.05) is 12.1 Å². The van der Waals surface area contributed by atoms with Crippen LogP contribution >= 0.6 is 11.3 Å². The Morgan fingerprint density at radius 3 is 2.90 bits per heavy atom. The Labute approximate surface area is 170 Å². The van der Waals surface area contributed by atoms with E-state index in [0.717, 1.165) is 11.1 Å². The lowest BCUT2D eigenvalue weighted by atomic mass is 9.89. The van der Waals surface area contributed by atoms with E-state index < -0.39 is 17.5 Å². The van der Waals surface area contributed by atoms with Crippen LogP contribution in [0.15, 0.2) is 47.8 Å². The number of thiazole rings is 1. The molecule has 0 radical (unpaired) electrons. The first-order valence-corrected chi connectivity index (χ1v) is 9.88. The van der Waals surface area contributed by atoms with Crippen LogP contribution in [0.3, 0.4) is 0 Å². The average Bonchev–Trinajstić information content (AvgIpc) is 3.36. The van der Waals surface area contributed by atoms with Gasteiger partial charge in [-0.15, -0.1) is 11.3 Å². The molecule has 5 rings (SSSR count). The average molecular weight is 408 g/mol. The Hall–Kier alpha value is -3.39. The molecule has 2 aliphatic heterocycles. The molecule has 8 heteroatoms. The highest BCUT2D eigenvalue weighted by Gasteiger charge is 2.42. The first-order chi connectivity index (χ1) is 14.0. The fourth-order valence-electron chi connectivity index (χ4n) is 3.41. The number of nitrogens with one attached hydrogen (secondary N) is 1. The summed E-state index contributed by atoms with van der Waals surface area (Å²) < 4.78 is 16.2. The topological polar surface area (TPSA) is 86.8 Å². The van der Waals surface area contributed by atoms with Crippen LogP contribution in [0.5, 0.6) is 11.5 Å². The van der Waals surface area contributed by atoms with Gasteiger partial charge in [0, 0.05) is 17.4 Å². The van der Waals surface area contributed by atoms with E-state index in [9.17, 15) is 9.59 Å². The SMILES string of the molecule is CC1(C(=O)Nc2nc(-c3ccc4c(c3)OCO4)cs2)Cc2ccccc2C(=O)O1. The molecule has 2 aliphatic rings. The second-order valence-corrected chi connectivity index (χ2v) is 7.87. The monoisotopic (exact) mass is 408 g/mol. The number of hydrogen-bond donors (Lipinski definition) is 1. The van der Waals surface area contributed by atoms with Crippen molar-refractivity contribution in [2.24, 2.45) is 0 Å². The van der Waals surface area contributed by atoms with Gasteiger partial charge in [0.2, 0.25) is 6.79 Å². The maximum absolute atomic E-state index is 12.9. The lowest BCUT2D eigenvalue weighted by Gasteiger charge is -2.32. The number of carbonyl (C=O) groups is 2. The van der Waals surface area contributed by atoms with Gasteiger partial charge in [0.25, 0.3) is 5.91 Å². The van der Waals surface area contributed by atoms with Gasteiger partial charge in [-0.2, -0.15) is 0 Å². The van der Waals surface area contributed by atoms with Crippen molar-refractivity contribution < 1.29 is 23.8 Å². The van der Waals surface area contributed by atoms with Gasteiger partial charge >= 0.3 is 5.97 Å². The third-order valence-corrected chi connectivity index (χ3v) is 5.71. The van der Waals surface area contributed by atoms with Gasteiger partial charge in [-0.05, 0) is 36.8 Å². The van der Waals surface area contributed by atoms with Crippen LogP contribution < -0.4 is 14.8 Å². The van der Waals surface area contributed by atoms with Crippen molar-refractivity contribution in [1.82, 2.24) is 4.98 Å². The molecule has 0 fully saturated rings. The molecule has 7 nitrogen and oxygen atoms in total. The molecular weight excluding hydrogens is 392 g/mol. The zero-order chi connectivity index (χ0) is 20.0. The van der Waals surface area contributed by atoms with Gasteiger partial charge < -0.3 is 14.2 Å². The van der Waals surface area contributed by atoms with Gasteiger partial charge in [-0.25, -0.2) is 9.78 Å². The maximum atomic E-state index is 12.9. The van der Waals surface area contributed by atoms with Crippen molar-refractivity contribution in [1.29, 1.82) is 0 Å². The smallest absolute Gasteiger partial charge is 0.339 e. The number of nitrogens with zero attached hydrogens (tertiary/aromatic N) is 1. The third kappa shape index (κ3) is 3.11. The summed E-state index contributed by atoms with van der Waals surface area (Å²) >= 11 is 1.30. The number of hydrogen-bond acceptors (Lipinski definition) is 7. The predicted molar refractivity (Wildman–Crippen MR) is 106 cm³/mol. The second-order valence-electron chi connectivity index (χ2n) is 7.01. The number of benzene rings is 2. The lowest BCUT2D eigenvalue weighted by molar-refractivity contribution is -0.134. The Balaban J connectivity index is 1.35. The largest absolute Gasteiger partial charge is 0.454 e. The van der Waals surface area contributed by atoms with Gasteiger partial charge in [0.15, 0.2) is 22.2 Å². The Kier molecular flexibility index (Phi) is 4.02. The Morgan fingerprint density at radius 1 is 1.17 bits per heavy atom. The summed E-state index contributed by atoms with van der Waals surface area (Å²) in [7, 11) is 0. The molecule has 3 heterocycles. The molecule has 1 amide bonds. The Bertz CT molecular complexity index is 1140. The summed E-state index contributed by atoms with van der Waals surface area (Å²) in [4.78, 5) is 29.7. The van der Waals surface area contributed by atoms with Crippen molar-refractivity contribution in [2.45, 2.75) is 18.9 Å². The number of amides is 1. The predicted octanol–water partition coefficient (Wildman–Crippen LogP) is 3.65. The van der Waals surface area contributed by atoms with E-state index >= 15 is 0 Å². The van der Waals surface area contributed by atoms with E-state index in [1.807, 2.05) is 35.7 Å². The molecule has 29 heavy (non-hydrogen) atoms. The van der Waals surface area contributed by atoms with E-state index in [1.165, 1.54) is 11.3 Å². The molecule has 2 aromatic carbocycles. The first-order valence-electron chi connectivity index (χ1n) is 9.00. The molecule has 0 saturated heterocycles. The van der Waals surface area contributed by atoms with E-state index in [2.05, 4.69) is 10.3 Å². The summed E-state index contributed by atoms with van der Waals surface area (Å²) in [5.41, 5.74) is 1.56. The molecule has 0 saturated carbocycles. The molecule has 1 N–H and O–H groups in total. The fourth-order valence-corrected chi connectivity index (χ4v) is 4.12. The molecule has 1 aromatic heterocycles. The molecular formula is C21H16N2O5S. The van der Waals surface area contributed by atoms with Crippen LogP contribution in [0.25, 0.3) is 11.3 Å². The molecule has 1 unspecified atom stereocenters. The highest BCUT2D eigenvalue weighted by molar-refractivity contribution is 7.14. The maximum Gasteiger partial charge on any atom is 0.339 e. The molecule has 0 bridgehead atoms. The van der Waals surface area contributed by atoms with E-state index in [-0.39, 0.29) is 6.79 Å². The summed E-state index contributed by atoms with van der Waals surface area (Å²) in [5.74, 6) is 0.461. The minimum atomic E-state index is -1.30. The molecule has 3 aromatic rings. The standard InChI is InChI=1S/C21H16N2O5S/c1-21(9-13-4-2-3-5-14(13)18(24)28-21)19(25)23-20-22-15(10-29-20)12-6-7-16-17(8-12)27-11-26-16/h2-8,10H,9,11H2,1H3,(H,22,23,25). The minimum Gasteiger partial charge on any atom is -0.454 e. The highest BCUT2D eigenvalue weighted by atomic mass is 32.1. The van der Waals surface area contributed by atoms with Gasteiger partial charge in [-0.3, -0.25) is 10.1 Å². The number of cyclic esters (lactones) is 1. The van der Waals surface area contributed by atoms with Crippen molar-refractivity contribution in [3.05, 3.63) is 59.0 Å². The zero-order valence-corrected chi connectivity index (χ0v) is 16.2. The molecule has 1 atom stereocenters. The van der Waals surface area contributed by atoms with Gasteiger partial charge in [-0.1, -0.05) is 18.2 Å². The number of esters is 1. The quantitative estimate of drug-likeness (QED) is 0.666. The molecule has 0 aliphatic carbocycles. The number of aromatic nitrogens is 1. The van der Waals surface area contributed by atoms with Crippen molar-refractivity contribution in [3.8, 4) is 22.8 Å². The zero-order valence-electron chi connectivity index (χ0n) is 15.4. The summed E-state index contributed by atoms with van der Waals surface area (Å²) in [5, 5.41) is 5.06. The third-order valence-electron chi connectivity index (χ3n) is 4.96. The Morgan fingerprint density at radius 2 is 2.00 bits per heavy atom.